The topological polar surface area (TPSA) is 79.9 Å². The number of rotatable bonds is 5. The minimum Gasteiger partial charge on any atom is -0.379 e. The van der Waals surface area contributed by atoms with Gasteiger partial charge in [0.1, 0.15) is 11.5 Å². The number of hydrogen-bond donors (Lipinski definition) is 2. The molecule has 1 amide bonds. The van der Waals surface area contributed by atoms with E-state index in [2.05, 4.69) is 20.3 Å². The Balaban J connectivity index is 1.46. The number of aromatic nitrogens is 3. The molecule has 4 rings (SSSR count). The smallest absolute Gasteiger partial charge is 0.272 e. The number of amides is 1. The zero-order valence-corrected chi connectivity index (χ0v) is 15.2. The molecular weight excluding hydrogens is 340 g/mol. The maximum Gasteiger partial charge on any atom is 0.272 e. The third kappa shape index (κ3) is 3.90. The zero-order chi connectivity index (χ0) is 18.6. The second kappa shape index (κ2) is 7.72. The van der Waals surface area contributed by atoms with Crippen molar-refractivity contribution in [1.82, 2.24) is 20.3 Å². The summed E-state index contributed by atoms with van der Waals surface area (Å²) in [6, 6.07) is 13.8. The van der Waals surface area contributed by atoms with Crippen LogP contribution in [-0.2, 0) is 11.2 Å². The first-order valence-electron chi connectivity index (χ1n) is 9.10. The SMILES string of the molecule is Cc1[nH]c(-c2ccccc2)nc1C(=O)N[C@H]1COC[C@H]1Cc1ccncc1. The van der Waals surface area contributed by atoms with Gasteiger partial charge in [0, 0.05) is 29.6 Å². The number of imidazole rings is 1. The number of carbonyl (C=O) groups excluding carboxylic acids is 1. The number of aromatic amines is 1. The first-order chi connectivity index (χ1) is 13.2. The number of carbonyl (C=O) groups is 1. The zero-order valence-electron chi connectivity index (χ0n) is 15.2. The molecule has 1 aromatic carbocycles. The van der Waals surface area contributed by atoms with Gasteiger partial charge in [-0.1, -0.05) is 30.3 Å². The number of nitrogens with zero attached hydrogens (tertiary/aromatic N) is 2. The van der Waals surface area contributed by atoms with Crippen molar-refractivity contribution >= 4 is 5.91 Å². The quantitative estimate of drug-likeness (QED) is 0.731. The molecule has 6 heteroatoms. The average Bonchev–Trinajstić information content (AvgIpc) is 3.30. The second-order valence-electron chi connectivity index (χ2n) is 6.86. The minimum atomic E-state index is -0.166. The van der Waals surface area contributed by atoms with Gasteiger partial charge in [-0.3, -0.25) is 9.78 Å². The predicted octanol–water partition coefficient (Wildman–Crippen LogP) is 2.77. The first kappa shape index (κ1) is 17.4. The summed E-state index contributed by atoms with van der Waals surface area (Å²) in [4.78, 5) is 24.6. The van der Waals surface area contributed by atoms with E-state index in [1.54, 1.807) is 12.4 Å². The van der Waals surface area contributed by atoms with Crippen molar-refractivity contribution in [3.05, 3.63) is 71.8 Å². The van der Waals surface area contributed by atoms with Gasteiger partial charge in [-0.2, -0.15) is 0 Å². The van der Waals surface area contributed by atoms with Crippen LogP contribution in [0.1, 0.15) is 21.7 Å². The molecule has 0 spiro atoms. The summed E-state index contributed by atoms with van der Waals surface area (Å²) in [5.41, 5.74) is 3.35. The molecule has 1 aliphatic rings. The van der Waals surface area contributed by atoms with Gasteiger partial charge in [-0.05, 0) is 31.0 Å². The lowest BCUT2D eigenvalue weighted by molar-refractivity contribution is 0.0920. The largest absolute Gasteiger partial charge is 0.379 e. The highest BCUT2D eigenvalue weighted by atomic mass is 16.5. The van der Waals surface area contributed by atoms with Crippen molar-refractivity contribution in [3.8, 4) is 11.4 Å². The minimum absolute atomic E-state index is 0.0260. The van der Waals surface area contributed by atoms with Crippen LogP contribution < -0.4 is 5.32 Å². The van der Waals surface area contributed by atoms with Crippen LogP contribution in [0.15, 0.2) is 54.9 Å². The van der Waals surface area contributed by atoms with E-state index >= 15 is 0 Å². The summed E-state index contributed by atoms with van der Waals surface area (Å²) >= 11 is 0. The monoisotopic (exact) mass is 362 g/mol. The van der Waals surface area contributed by atoms with Crippen LogP contribution in [0.2, 0.25) is 0 Å². The Morgan fingerprint density at radius 2 is 1.96 bits per heavy atom. The number of ether oxygens (including phenoxy) is 1. The van der Waals surface area contributed by atoms with Gasteiger partial charge >= 0.3 is 0 Å². The third-order valence-electron chi connectivity index (χ3n) is 4.91. The number of hydrogen-bond acceptors (Lipinski definition) is 4. The highest BCUT2D eigenvalue weighted by Crippen LogP contribution is 2.21. The van der Waals surface area contributed by atoms with E-state index in [1.807, 2.05) is 49.4 Å². The van der Waals surface area contributed by atoms with Gasteiger partial charge in [0.15, 0.2) is 0 Å². The highest BCUT2D eigenvalue weighted by molar-refractivity contribution is 5.94. The maximum absolute atomic E-state index is 12.8. The van der Waals surface area contributed by atoms with Crippen molar-refractivity contribution < 1.29 is 9.53 Å². The van der Waals surface area contributed by atoms with Crippen molar-refractivity contribution in [1.29, 1.82) is 0 Å². The van der Waals surface area contributed by atoms with Crippen molar-refractivity contribution in [2.75, 3.05) is 13.2 Å². The Kier molecular flexibility index (Phi) is 4.98. The fraction of sp³-hybridized carbons (Fsp3) is 0.286. The van der Waals surface area contributed by atoms with Crippen LogP contribution in [0.5, 0.6) is 0 Å². The van der Waals surface area contributed by atoms with E-state index in [0.29, 0.717) is 24.7 Å². The molecule has 2 N–H and O–H groups in total. The Morgan fingerprint density at radius 1 is 1.19 bits per heavy atom. The standard InChI is InChI=1S/C21H22N4O2/c1-14-19(25-20(23-14)16-5-3-2-4-6-16)21(26)24-18-13-27-12-17(18)11-15-7-9-22-10-8-15/h2-10,17-18H,11-13H2,1H3,(H,23,25)(H,24,26)/t17-,18+/m1/s1. The lowest BCUT2D eigenvalue weighted by atomic mass is 9.95. The second-order valence-corrected chi connectivity index (χ2v) is 6.86. The molecule has 1 fully saturated rings. The van der Waals surface area contributed by atoms with Gasteiger partial charge in [-0.25, -0.2) is 4.98 Å². The van der Waals surface area contributed by atoms with Crippen LogP contribution in [0, 0.1) is 12.8 Å². The molecule has 0 bridgehead atoms. The molecule has 1 saturated heterocycles. The fourth-order valence-corrected chi connectivity index (χ4v) is 3.43. The van der Waals surface area contributed by atoms with E-state index < -0.39 is 0 Å². The molecule has 1 aliphatic heterocycles. The molecule has 3 aromatic rings. The summed E-state index contributed by atoms with van der Waals surface area (Å²) < 4.78 is 5.62. The predicted molar refractivity (Wildman–Crippen MR) is 102 cm³/mol. The number of benzene rings is 1. The third-order valence-corrected chi connectivity index (χ3v) is 4.91. The molecule has 138 valence electrons. The van der Waals surface area contributed by atoms with E-state index in [0.717, 1.165) is 17.7 Å². The van der Waals surface area contributed by atoms with Gasteiger partial charge in [0.25, 0.3) is 5.91 Å². The highest BCUT2D eigenvalue weighted by Gasteiger charge is 2.31. The molecule has 27 heavy (non-hydrogen) atoms. The molecule has 0 radical (unpaired) electrons. The molecule has 0 saturated carbocycles. The summed E-state index contributed by atoms with van der Waals surface area (Å²) in [6.07, 6.45) is 4.43. The molecular formula is C21H22N4O2. The van der Waals surface area contributed by atoms with Gasteiger partial charge in [-0.15, -0.1) is 0 Å². The Bertz CT molecular complexity index is 908. The molecule has 2 atom stereocenters. The van der Waals surface area contributed by atoms with Crippen LogP contribution in [0.3, 0.4) is 0 Å². The van der Waals surface area contributed by atoms with E-state index in [4.69, 9.17) is 4.74 Å². The molecule has 0 aliphatic carbocycles. The van der Waals surface area contributed by atoms with Crippen LogP contribution in [0.25, 0.3) is 11.4 Å². The van der Waals surface area contributed by atoms with Crippen LogP contribution >= 0.6 is 0 Å². The van der Waals surface area contributed by atoms with Gasteiger partial charge in [0.2, 0.25) is 0 Å². The maximum atomic E-state index is 12.8. The van der Waals surface area contributed by atoms with Gasteiger partial charge < -0.3 is 15.0 Å². The van der Waals surface area contributed by atoms with Crippen LogP contribution in [0.4, 0.5) is 0 Å². The van der Waals surface area contributed by atoms with E-state index in [1.165, 1.54) is 5.56 Å². The number of H-pyrrole nitrogens is 1. The Labute approximate surface area is 158 Å². The van der Waals surface area contributed by atoms with Gasteiger partial charge in [0.05, 0.1) is 19.3 Å². The van der Waals surface area contributed by atoms with Crippen molar-refractivity contribution in [2.24, 2.45) is 5.92 Å². The first-order valence-corrected chi connectivity index (χ1v) is 9.10. The Morgan fingerprint density at radius 3 is 2.74 bits per heavy atom. The molecule has 0 unspecified atom stereocenters. The van der Waals surface area contributed by atoms with E-state index in [-0.39, 0.29) is 17.9 Å². The van der Waals surface area contributed by atoms with Crippen molar-refractivity contribution in [3.63, 3.8) is 0 Å². The molecule has 3 heterocycles. The van der Waals surface area contributed by atoms with Crippen molar-refractivity contribution in [2.45, 2.75) is 19.4 Å². The Hall–Kier alpha value is -2.99. The van der Waals surface area contributed by atoms with E-state index in [9.17, 15) is 4.79 Å². The number of nitrogens with one attached hydrogen (secondary N) is 2. The summed E-state index contributed by atoms with van der Waals surface area (Å²) in [7, 11) is 0. The summed E-state index contributed by atoms with van der Waals surface area (Å²) in [5.74, 6) is 0.777. The number of pyridine rings is 1. The molecule has 6 nitrogen and oxygen atoms in total. The average molecular weight is 362 g/mol. The number of aryl methyl sites for hydroxylation is 1. The fourth-order valence-electron chi connectivity index (χ4n) is 3.43. The lowest BCUT2D eigenvalue weighted by Gasteiger charge is -2.18. The summed E-state index contributed by atoms with van der Waals surface area (Å²) in [5, 5.41) is 3.11. The molecule has 2 aromatic heterocycles. The normalized spacial score (nSPS) is 19.1. The lowest BCUT2D eigenvalue weighted by Crippen LogP contribution is -2.41. The van der Waals surface area contributed by atoms with Crippen LogP contribution in [-0.4, -0.2) is 40.1 Å². The summed E-state index contributed by atoms with van der Waals surface area (Å²) in [6.45, 7) is 3.03.